The zero-order valence-corrected chi connectivity index (χ0v) is 16.8. The molecule has 0 aliphatic rings. The van der Waals surface area contributed by atoms with Gasteiger partial charge in [0.2, 0.25) is 5.91 Å². The number of amides is 1. The van der Waals surface area contributed by atoms with E-state index >= 15 is 0 Å². The summed E-state index contributed by atoms with van der Waals surface area (Å²) < 4.78 is 5.94. The molecule has 0 radical (unpaired) electrons. The van der Waals surface area contributed by atoms with E-state index in [4.69, 9.17) is 27.9 Å². The maximum Gasteiger partial charge on any atom is 0.234 e. The summed E-state index contributed by atoms with van der Waals surface area (Å²) in [5, 5.41) is 5.89. The van der Waals surface area contributed by atoms with E-state index in [1.54, 1.807) is 25.3 Å². The van der Waals surface area contributed by atoms with Crippen LogP contribution < -0.4 is 10.1 Å². The van der Waals surface area contributed by atoms with Gasteiger partial charge in [0.25, 0.3) is 0 Å². The summed E-state index contributed by atoms with van der Waals surface area (Å²) in [5.74, 6) is 0.850. The Balaban J connectivity index is 1.60. The molecule has 0 atom stereocenters. The summed E-state index contributed by atoms with van der Waals surface area (Å²) in [6, 6.07) is 12.5. The normalized spacial score (nSPS) is 10.6. The topological polar surface area (TPSA) is 51.2 Å². The predicted molar refractivity (Wildman–Crippen MR) is 110 cm³/mol. The Labute approximate surface area is 169 Å². The number of methoxy groups -OCH3 is 1. The second-order valence-electron chi connectivity index (χ2n) is 5.19. The highest BCUT2D eigenvalue weighted by molar-refractivity contribution is 8.01. The van der Waals surface area contributed by atoms with Crippen molar-refractivity contribution >= 4 is 57.9 Å². The Morgan fingerprint density at radius 3 is 2.88 bits per heavy atom. The Morgan fingerprint density at radius 1 is 1.27 bits per heavy atom. The van der Waals surface area contributed by atoms with E-state index < -0.39 is 0 Å². The minimum absolute atomic E-state index is 0.107. The highest BCUT2D eigenvalue weighted by Gasteiger charge is 2.11. The van der Waals surface area contributed by atoms with Crippen molar-refractivity contribution in [3.05, 3.63) is 57.9 Å². The molecule has 0 aliphatic carbocycles. The number of halogens is 2. The number of nitrogens with one attached hydrogen (secondary N) is 1. The van der Waals surface area contributed by atoms with Gasteiger partial charge in [0.15, 0.2) is 4.34 Å². The fourth-order valence-corrected chi connectivity index (χ4v) is 4.30. The van der Waals surface area contributed by atoms with Gasteiger partial charge in [0.1, 0.15) is 5.75 Å². The van der Waals surface area contributed by atoms with Crippen molar-refractivity contribution in [1.82, 2.24) is 4.98 Å². The first-order valence-corrected chi connectivity index (χ1v) is 10.1. The maximum absolute atomic E-state index is 12.1. The van der Waals surface area contributed by atoms with Gasteiger partial charge in [-0.25, -0.2) is 4.98 Å². The molecular formula is C18H14Cl2N2O2S2. The van der Waals surface area contributed by atoms with E-state index in [-0.39, 0.29) is 11.7 Å². The summed E-state index contributed by atoms with van der Waals surface area (Å²) >= 11 is 15.0. The van der Waals surface area contributed by atoms with E-state index in [0.717, 1.165) is 15.6 Å². The number of hydrogen-bond donors (Lipinski definition) is 1. The minimum Gasteiger partial charge on any atom is -0.497 e. The number of anilines is 1. The number of thiazole rings is 1. The number of ether oxygens (including phenoxy) is 1. The highest BCUT2D eigenvalue weighted by Crippen LogP contribution is 2.33. The molecule has 134 valence electrons. The molecule has 1 heterocycles. The third-order valence-corrected chi connectivity index (χ3v) is 5.94. The molecule has 8 heteroatoms. The average molecular weight is 425 g/mol. The first-order valence-electron chi connectivity index (χ1n) is 7.53. The second kappa shape index (κ2) is 8.77. The molecule has 0 saturated carbocycles. The third-order valence-electron chi connectivity index (χ3n) is 3.37. The second-order valence-corrected chi connectivity index (χ2v) is 8.12. The molecule has 2 aromatic carbocycles. The smallest absolute Gasteiger partial charge is 0.234 e. The molecule has 0 aliphatic heterocycles. The summed E-state index contributed by atoms with van der Waals surface area (Å²) in [5.41, 5.74) is 2.29. The molecule has 1 aromatic heterocycles. The van der Waals surface area contributed by atoms with Crippen LogP contribution in [0.5, 0.6) is 5.75 Å². The van der Waals surface area contributed by atoms with Crippen molar-refractivity contribution in [2.45, 2.75) is 4.34 Å². The zero-order valence-electron chi connectivity index (χ0n) is 13.7. The Kier molecular flexibility index (Phi) is 6.43. The van der Waals surface area contributed by atoms with Crippen LogP contribution in [-0.2, 0) is 4.79 Å². The van der Waals surface area contributed by atoms with E-state index in [2.05, 4.69) is 10.3 Å². The van der Waals surface area contributed by atoms with E-state index in [1.807, 2.05) is 29.6 Å². The Hall–Kier alpha value is -1.73. The largest absolute Gasteiger partial charge is 0.497 e. The first kappa shape index (κ1) is 19.0. The van der Waals surface area contributed by atoms with Crippen LogP contribution in [0, 0.1) is 0 Å². The molecule has 26 heavy (non-hydrogen) atoms. The minimum atomic E-state index is -0.107. The molecule has 1 N–H and O–H groups in total. The van der Waals surface area contributed by atoms with E-state index in [9.17, 15) is 4.79 Å². The molecular weight excluding hydrogens is 411 g/mol. The molecule has 3 aromatic rings. The van der Waals surface area contributed by atoms with Gasteiger partial charge in [0, 0.05) is 27.7 Å². The predicted octanol–water partition coefficient (Wildman–Crippen LogP) is 5.86. The van der Waals surface area contributed by atoms with Crippen molar-refractivity contribution in [2.75, 3.05) is 18.2 Å². The van der Waals surface area contributed by atoms with Crippen LogP contribution in [0.4, 0.5) is 5.69 Å². The van der Waals surface area contributed by atoms with Gasteiger partial charge in [-0.05, 0) is 30.3 Å². The molecule has 0 unspecified atom stereocenters. The van der Waals surface area contributed by atoms with Crippen LogP contribution in [0.1, 0.15) is 0 Å². The van der Waals surface area contributed by atoms with Gasteiger partial charge in [-0.15, -0.1) is 11.3 Å². The molecule has 0 spiro atoms. The van der Waals surface area contributed by atoms with Crippen LogP contribution in [0.2, 0.25) is 10.0 Å². The molecule has 3 rings (SSSR count). The summed E-state index contributed by atoms with van der Waals surface area (Å²) in [6.07, 6.45) is 0. The maximum atomic E-state index is 12.1. The van der Waals surface area contributed by atoms with Crippen LogP contribution in [0.15, 0.2) is 52.2 Å². The van der Waals surface area contributed by atoms with Gasteiger partial charge in [-0.1, -0.05) is 41.0 Å². The molecule has 4 nitrogen and oxygen atoms in total. The number of aromatic nitrogens is 1. The van der Waals surface area contributed by atoms with Crippen molar-refractivity contribution < 1.29 is 9.53 Å². The van der Waals surface area contributed by atoms with Gasteiger partial charge in [-0.3, -0.25) is 4.79 Å². The average Bonchev–Trinajstić information content (AvgIpc) is 3.09. The van der Waals surface area contributed by atoms with Crippen LogP contribution in [-0.4, -0.2) is 23.8 Å². The summed E-state index contributed by atoms with van der Waals surface area (Å²) in [7, 11) is 1.59. The Bertz CT molecular complexity index is 931. The van der Waals surface area contributed by atoms with Crippen molar-refractivity contribution in [1.29, 1.82) is 0 Å². The molecule has 0 fully saturated rings. The van der Waals surface area contributed by atoms with E-state index in [0.29, 0.717) is 21.5 Å². The van der Waals surface area contributed by atoms with E-state index in [1.165, 1.54) is 23.1 Å². The number of hydrogen-bond acceptors (Lipinski definition) is 5. The zero-order chi connectivity index (χ0) is 18.5. The van der Waals surface area contributed by atoms with Crippen LogP contribution in [0.25, 0.3) is 11.3 Å². The third kappa shape index (κ3) is 4.92. The molecule has 0 bridgehead atoms. The lowest BCUT2D eigenvalue weighted by atomic mass is 10.2. The monoisotopic (exact) mass is 424 g/mol. The van der Waals surface area contributed by atoms with Gasteiger partial charge in [0.05, 0.1) is 23.6 Å². The lowest BCUT2D eigenvalue weighted by Crippen LogP contribution is -2.13. The number of carbonyl (C=O) groups is 1. The molecule has 1 amide bonds. The molecule has 0 saturated heterocycles. The van der Waals surface area contributed by atoms with Crippen molar-refractivity contribution in [3.63, 3.8) is 0 Å². The summed E-state index contributed by atoms with van der Waals surface area (Å²) in [6.45, 7) is 0. The number of carbonyl (C=O) groups excluding carboxylic acids is 1. The highest BCUT2D eigenvalue weighted by atomic mass is 35.5. The Morgan fingerprint density at radius 2 is 2.12 bits per heavy atom. The van der Waals surface area contributed by atoms with Crippen molar-refractivity contribution in [2.24, 2.45) is 0 Å². The quantitative estimate of drug-likeness (QED) is 0.503. The van der Waals surface area contributed by atoms with Gasteiger partial charge >= 0.3 is 0 Å². The number of nitrogens with zero attached hydrogens (tertiary/aromatic N) is 1. The van der Waals surface area contributed by atoms with Crippen LogP contribution >= 0.6 is 46.3 Å². The number of benzene rings is 2. The fourth-order valence-electron chi connectivity index (χ4n) is 2.17. The lowest BCUT2D eigenvalue weighted by Gasteiger charge is -2.06. The number of thioether (sulfide) groups is 1. The van der Waals surface area contributed by atoms with Gasteiger partial charge < -0.3 is 10.1 Å². The fraction of sp³-hybridized carbons (Fsp3) is 0.111. The number of rotatable bonds is 6. The summed E-state index contributed by atoms with van der Waals surface area (Å²) in [4.78, 5) is 16.7. The van der Waals surface area contributed by atoms with Crippen LogP contribution in [0.3, 0.4) is 0 Å². The van der Waals surface area contributed by atoms with Gasteiger partial charge in [-0.2, -0.15) is 0 Å². The lowest BCUT2D eigenvalue weighted by molar-refractivity contribution is -0.113. The SMILES string of the molecule is COc1cccc(NC(=O)CSc2nc(-c3ccc(Cl)cc3Cl)cs2)c1. The first-order chi connectivity index (χ1) is 12.5. The standard InChI is InChI=1S/C18H14Cl2N2O2S2/c1-24-13-4-2-3-12(8-13)21-17(23)10-26-18-22-16(9-25-18)14-6-5-11(19)7-15(14)20/h2-9H,10H2,1H3,(H,21,23). The van der Waals surface area contributed by atoms with Crippen molar-refractivity contribution in [3.8, 4) is 17.0 Å².